The Bertz CT molecular complexity index is 1360. The van der Waals surface area contributed by atoms with Crippen LogP contribution in [-0.2, 0) is 11.3 Å². The number of aromatic nitrogens is 4. The molecule has 0 amide bonds. The van der Waals surface area contributed by atoms with Crippen LogP contribution in [0.25, 0.3) is 10.9 Å². The fourth-order valence-electron chi connectivity index (χ4n) is 5.22. The highest BCUT2D eigenvalue weighted by atomic mass is 35.5. The molecule has 1 aromatic carbocycles. The van der Waals surface area contributed by atoms with E-state index in [1.54, 1.807) is 26.2 Å². The van der Waals surface area contributed by atoms with Crippen LogP contribution in [0, 0.1) is 0 Å². The first kappa shape index (κ1) is 27.9. The molecule has 10 radical (unpaired) electrons. The minimum atomic E-state index is -1.65. The lowest BCUT2D eigenvalue weighted by Crippen LogP contribution is -2.89. The van der Waals surface area contributed by atoms with E-state index in [9.17, 15) is 5.11 Å². The van der Waals surface area contributed by atoms with Gasteiger partial charge in [0.2, 0.25) is 5.95 Å². The Hall–Kier alpha value is -1.65. The highest BCUT2D eigenvalue weighted by molar-refractivity contribution is 6.54. The Morgan fingerprint density at radius 2 is 1.76 bits per heavy atom. The number of nitrogens with one attached hydrogen (secondary N) is 1. The SMILES string of the molecule is [B]C1([B])OC([B])([B])C1([B])N1CCC(c2cc3nc(Nc4cnn(CC(C)(C)O)c4Cl)ncc3cc2Cl)CC1. The Balaban J connectivity index is 1.34. The summed E-state index contributed by atoms with van der Waals surface area (Å²) in [5.41, 5.74) is -0.163. The summed E-state index contributed by atoms with van der Waals surface area (Å²) in [5, 5.41) is 15.9. The summed E-state index contributed by atoms with van der Waals surface area (Å²) in [5.74, 6) is 0.494. The molecule has 5 rings (SSSR count). The van der Waals surface area contributed by atoms with Gasteiger partial charge in [0.05, 0.1) is 37.4 Å². The normalized spacial score (nSPS) is 21.3. The van der Waals surface area contributed by atoms with Gasteiger partial charge in [-0.3, -0.25) is 0 Å². The van der Waals surface area contributed by atoms with Gasteiger partial charge in [-0.1, -0.05) is 23.2 Å². The van der Waals surface area contributed by atoms with E-state index < -0.39 is 21.8 Å². The van der Waals surface area contributed by atoms with Crippen molar-refractivity contribution in [3.8, 4) is 0 Å². The van der Waals surface area contributed by atoms with Gasteiger partial charge in [-0.15, -0.1) is 0 Å². The Kier molecular flexibility index (Phi) is 6.96. The van der Waals surface area contributed by atoms with Gasteiger partial charge in [0.25, 0.3) is 0 Å². The lowest BCUT2D eigenvalue weighted by molar-refractivity contribution is -0.196. The lowest BCUT2D eigenvalue weighted by atomic mass is 9.29. The topological polar surface area (TPSA) is 88.3 Å². The average Bonchev–Trinajstić information content (AvgIpc) is 3.15. The quantitative estimate of drug-likeness (QED) is 0.461. The van der Waals surface area contributed by atoms with Crippen molar-refractivity contribution >= 4 is 85.0 Å². The van der Waals surface area contributed by atoms with E-state index in [2.05, 4.69) is 20.4 Å². The van der Waals surface area contributed by atoms with Crippen LogP contribution >= 0.6 is 23.2 Å². The number of rotatable bonds is 6. The molecule has 2 N–H and O–H groups in total. The minimum absolute atomic E-state index is 0.142. The van der Waals surface area contributed by atoms with Gasteiger partial charge >= 0.3 is 0 Å². The summed E-state index contributed by atoms with van der Waals surface area (Å²) >= 11 is 13.1. The molecular formula is C23H23B5Cl2N6O2. The van der Waals surface area contributed by atoms with Crippen molar-refractivity contribution in [2.24, 2.45) is 0 Å². The number of likely N-dealkylation sites (tertiary alicyclic amines) is 1. The maximum Gasteiger partial charge on any atom is 0.227 e. The summed E-state index contributed by atoms with van der Waals surface area (Å²) < 4.78 is 6.73. The molecule has 0 spiro atoms. The van der Waals surface area contributed by atoms with Gasteiger partial charge in [-0.05, 0) is 74.2 Å². The second kappa shape index (κ2) is 9.48. The van der Waals surface area contributed by atoms with E-state index in [0.717, 1.165) is 29.3 Å². The number of piperidine rings is 1. The molecule has 0 atom stereocenters. The molecule has 15 heteroatoms. The number of nitrogens with zero attached hydrogens (tertiary/aromatic N) is 5. The Labute approximate surface area is 238 Å². The highest BCUT2D eigenvalue weighted by Gasteiger charge is 2.63. The van der Waals surface area contributed by atoms with Crippen LogP contribution in [0.1, 0.15) is 38.2 Å². The zero-order valence-corrected chi connectivity index (χ0v) is 22.7. The molecule has 0 saturated carbocycles. The fourth-order valence-corrected chi connectivity index (χ4v) is 5.75. The zero-order chi connectivity index (χ0) is 27.7. The van der Waals surface area contributed by atoms with Crippen molar-refractivity contribution in [2.45, 2.75) is 61.0 Å². The van der Waals surface area contributed by atoms with E-state index in [1.807, 2.05) is 17.0 Å². The summed E-state index contributed by atoms with van der Waals surface area (Å²) in [6.45, 7) is 4.70. The summed E-state index contributed by atoms with van der Waals surface area (Å²) in [6.07, 6.45) is 4.71. The van der Waals surface area contributed by atoms with E-state index >= 15 is 0 Å². The Morgan fingerprint density at radius 3 is 2.37 bits per heavy atom. The van der Waals surface area contributed by atoms with Crippen LogP contribution in [0.3, 0.4) is 0 Å². The van der Waals surface area contributed by atoms with Gasteiger partial charge in [0.15, 0.2) is 5.15 Å². The Morgan fingerprint density at radius 1 is 1.11 bits per heavy atom. The van der Waals surface area contributed by atoms with Gasteiger partial charge in [-0.25, -0.2) is 14.6 Å². The van der Waals surface area contributed by atoms with Gasteiger partial charge in [0.1, 0.15) is 31.4 Å². The predicted molar refractivity (Wildman–Crippen MR) is 153 cm³/mol. The smallest absolute Gasteiger partial charge is 0.227 e. The van der Waals surface area contributed by atoms with Crippen LogP contribution < -0.4 is 5.32 Å². The number of benzene rings is 1. The molecule has 4 heterocycles. The van der Waals surface area contributed by atoms with Crippen molar-refractivity contribution in [1.29, 1.82) is 0 Å². The van der Waals surface area contributed by atoms with Crippen molar-refractivity contribution < 1.29 is 9.84 Å². The second-order valence-electron chi connectivity index (χ2n) is 10.8. The maximum absolute atomic E-state index is 10.1. The van der Waals surface area contributed by atoms with Crippen molar-refractivity contribution in [1.82, 2.24) is 24.6 Å². The van der Waals surface area contributed by atoms with Crippen LogP contribution in [-0.4, -0.2) is 104 Å². The molecule has 186 valence electrons. The van der Waals surface area contributed by atoms with Crippen molar-refractivity contribution in [2.75, 3.05) is 18.4 Å². The molecule has 38 heavy (non-hydrogen) atoms. The predicted octanol–water partition coefficient (Wildman–Crippen LogP) is 1.70. The molecule has 3 aromatic rings. The molecule has 2 aliphatic rings. The molecular weight excluding hydrogens is 517 g/mol. The third-order valence-electron chi connectivity index (χ3n) is 7.22. The number of aliphatic hydroxyl groups is 1. The van der Waals surface area contributed by atoms with Gasteiger partial charge in [-0.2, -0.15) is 5.10 Å². The molecule has 2 fully saturated rings. The number of anilines is 2. The second-order valence-corrected chi connectivity index (χ2v) is 11.6. The first-order valence-electron chi connectivity index (χ1n) is 12.2. The van der Waals surface area contributed by atoms with Gasteiger partial charge < -0.3 is 20.1 Å². The lowest BCUT2D eigenvalue weighted by Gasteiger charge is -2.73. The van der Waals surface area contributed by atoms with Crippen LogP contribution in [0.4, 0.5) is 11.6 Å². The van der Waals surface area contributed by atoms with E-state index in [-0.39, 0.29) is 12.5 Å². The largest absolute Gasteiger partial charge is 0.405 e. The van der Waals surface area contributed by atoms with Crippen LogP contribution in [0.2, 0.25) is 10.2 Å². The summed E-state index contributed by atoms with van der Waals surface area (Å²) in [4.78, 5) is 10.9. The third-order valence-corrected chi connectivity index (χ3v) is 7.95. The minimum Gasteiger partial charge on any atom is -0.405 e. The first-order valence-corrected chi connectivity index (χ1v) is 12.9. The first-order chi connectivity index (χ1) is 17.6. The molecule has 0 bridgehead atoms. The number of hydrogen-bond acceptors (Lipinski definition) is 7. The summed E-state index contributed by atoms with van der Waals surface area (Å²) in [7, 11) is 30.5. The van der Waals surface area contributed by atoms with Gasteiger partial charge in [0, 0.05) is 22.0 Å². The number of halogens is 2. The number of fused-ring (bicyclic) bond motifs is 1. The molecule has 0 aliphatic carbocycles. The van der Waals surface area contributed by atoms with Crippen molar-refractivity contribution in [3.05, 3.63) is 40.3 Å². The van der Waals surface area contributed by atoms with E-state index in [0.29, 0.717) is 34.9 Å². The fraction of sp³-hybridized carbons (Fsp3) is 0.522. The maximum atomic E-state index is 10.1. The average molecular weight is 540 g/mol. The van der Waals surface area contributed by atoms with Crippen LogP contribution in [0.5, 0.6) is 0 Å². The molecule has 2 aromatic heterocycles. The van der Waals surface area contributed by atoms with E-state index in [1.165, 1.54) is 4.68 Å². The van der Waals surface area contributed by atoms with Crippen LogP contribution in [0.15, 0.2) is 24.5 Å². The highest BCUT2D eigenvalue weighted by Crippen LogP contribution is 2.48. The third kappa shape index (κ3) is 4.79. The molecule has 2 aliphatic heterocycles. The summed E-state index contributed by atoms with van der Waals surface area (Å²) in [6, 6.07) is 3.83. The monoisotopic (exact) mass is 540 g/mol. The molecule has 8 nitrogen and oxygen atoms in total. The van der Waals surface area contributed by atoms with Crippen molar-refractivity contribution in [3.63, 3.8) is 0 Å². The van der Waals surface area contributed by atoms with E-state index in [4.69, 9.17) is 67.2 Å². The molecule has 0 unspecified atom stereocenters. The molecule has 2 saturated heterocycles. The zero-order valence-electron chi connectivity index (χ0n) is 21.2. The number of hydrogen-bond donors (Lipinski definition) is 2. The number of ether oxygens (including phenoxy) is 1. The standard InChI is InChI=1S/C23H23B5Cl2N6O2/c1-20(2,37)11-36-18(30)17(10-32-36)34-19-31-9-13-7-15(29)14(8-16(13)33-19)12-3-5-35(6-4-12)21(24)22(25,26)38-23(21,27)28/h7-10,12,37H,3-6,11H2,1-2H3,(H,31,33,34).